The fourth-order valence-electron chi connectivity index (χ4n) is 2.88. The molecule has 6 heteroatoms. The van der Waals surface area contributed by atoms with Crippen LogP contribution < -0.4 is 5.32 Å². The predicted octanol–water partition coefficient (Wildman–Crippen LogP) is -0.783. The summed E-state index contributed by atoms with van der Waals surface area (Å²) in [5.74, 6) is 0.123. The van der Waals surface area contributed by atoms with Gasteiger partial charge in [-0.3, -0.25) is 9.59 Å². The second kappa shape index (κ2) is 6.54. The lowest BCUT2D eigenvalue weighted by atomic mass is 10.1. The van der Waals surface area contributed by atoms with Crippen LogP contribution in [0, 0.1) is 5.92 Å². The van der Waals surface area contributed by atoms with Gasteiger partial charge >= 0.3 is 0 Å². The number of likely N-dealkylation sites (N-methyl/N-ethyl adjacent to an activating group) is 1. The van der Waals surface area contributed by atoms with Gasteiger partial charge in [0.2, 0.25) is 11.8 Å². The molecule has 2 heterocycles. The van der Waals surface area contributed by atoms with Crippen LogP contribution in [0.2, 0.25) is 0 Å². The molecule has 20 heavy (non-hydrogen) atoms. The van der Waals surface area contributed by atoms with E-state index >= 15 is 0 Å². The maximum Gasteiger partial charge on any atom is 0.228 e. The van der Waals surface area contributed by atoms with E-state index in [1.54, 1.807) is 0 Å². The standard InChI is InChI=1S/C14H26N4O2/c1-11-9-15-4-5-18(11)14(20)12-8-13(19)17(10-12)7-6-16(2)3/h11-12,15H,4-10H2,1-3H3/t11-,12?/m0/s1. The Morgan fingerprint density at radius 2 is 2.20 bits per heavy atom. The van der Waals surface area contributed by atoms with Gasteiger partial charge in [0.05, 0.1) is 5.92 Å². The number of piperazine rings is 1. The van der Waals surface area contributed by atoms with Crippen LogP contribution in [0.25, 0.3) is 0 Å². The second-order valence-corrected chi connectivity index (χ2v) is 6.13. The molecule has 0 bridgehead atoms. The molecule has 0 spiro atoms. The second-order valence-electron chi connectivity index (χ2n) is 6.13. The summed E-state index contributed by atoms with van der Waals surface area (Å²) in [5.41, 5.74) is 0. The fourth-order valence-corrected chi connectivity index (χ4v) is 2.88. The van der Waals surface area contributed by atoms with Crippen LogP contribution in [-0.4, -0.2) is 85.9 Å². The Morgan fingerprint density at radius 1 is 1.45 bits per heavy atom. The predicted molar refractivity (Wildman–Crippen MR) is 77.3 cm³/mol. The van der Waals surface area contributed by atoms with Crippen LogP contribution in [-0.2, 0) is 9.59 Å². The van der Waals surface area contributed by atoms with Crippen LogP contribution in [0.4, 0.5) is 0 Å². The van der Waals surface area contributed by atoms with Crippen molar-refractivity contribution in [2.45, 2.75) is 19.4 Å². The molecule has 0 aliphatic carbocycles. The first-order valence-electron chi connectivity index (χ1n) is 7.42. The summed E-state index contributed by atoms with van der Waals surface area (Å²) in [6, 6.07) is 0.224. The minimum atomic E-state index is -0.148. The highest BCUT2D eigenvalue weighted by molar-refractivity contribution is 5.89. The number of likely N-dealkylation sites (tertiary alicyclic amines) is 1. The molecular weight excluding hydrogens is 256 g/mol. The van der Waals surface area contributed by atoms with Crippen molar-refractivity contribution in [1.82, 2.24) is 20.0 Å². The van der Waals surface area contributed by atoms with Crippen molar-refractivity contribution < 1.29 is 9.59 Å². The quantitative estimate of drug-likeness (QED) is 0.735. The Kier molecular flexibility index (Phi) is 4.99. The van der Waals surface area contributed by atoms with Crippen molar-refractivity contribution in [3.63, 3.8) is 0 Å². The highest BCUT2D eigenvalue weighted by atomic mass is 16.2. The molecule has 1 unspecified atom stereocenters. The molecule has 0 radical (unpaired) electrons. The molecule has 2 rings (SSSR count). The number of nitrogens with one attached hydrogen (secondary N) is 1. The third kappa shape index (κ3) is 3.49. The highest BCUT2D eigenvalue weighted by Gasteiger charge is 2.37. The monoisotopic (exact) mass is 282 g/mol. The van der Waals surface area contributed by atoms with E-state index in [9.17, 15) is 9.59 Å². The van der Waals surface area contributed by atoms with Gasteiger partial charge in [-0.15, -0.1) is 0 Å². The van der Waals surface area contributed by atoms with E-state index in [-0.39, 0.29) is 23.8 Å². The van der Waals surface area contributed by atoms with Crippen molar-refractivity contribution in [1.29, 1.82) is 0 Å². The van der Waals surface area contributed by atoms with E-state index in [2.05, 4.69) is 17.1 Å². The maximum absolute atomic E-state index is 12.5. The molecule has 0 aromatic heterocycles. The van der Waals surface area contributed by atoms with E-state index in [0.717, 1.165) is 26.2 Å². The first-order chi connectivity index (χ1) is 9.49. The lowest BCUT2D eigenvalue weighted by Crippen LogP contribution is -2.54. The Bertz CT molecular complexity index is 372. The minimum absolute atomic E-state index is 0.119. The summed E-state index contributed by atoms with van der Waals surface area (Å²) in [4.78, 5) is 30.4. The van der Waals surface area contributed by atoms with E-state index in [1.165, 1.54) is 0 Å². The van der Waals surface area contributed by atoms with Gasteiger partial charge in [0.15, 0.2) is 0 Å². The van der Waals surface area contributed by atoms with Gasteiger partial charge < -0.3 is 20.0 Å². The van der Waals surface area contributed by atoms with E-state index in [0.29, 0.717) is 19.5 Å². The number of hydrogen-bond donors (Lipinski definition) is 1. The summed E-state index contributed by atoms with van der Waals surface area (Å²) in [7, 11) is 3.98. The van der Waals surface area contributed by atoms with E-state index in [4.69, 9.17) is 0 Å². The zero-order valence-electron chi connectivity index (χ0n) is 12.8. The molecule has 0 aromatic rings. The molecule has 114 valence electrons. The minimum Gasteiger partial charge on any atom is -0.341 e. The van der Waals surface area contributed by atoms with Crippen molar-refractivity contribution in [3.05, 3.63) is 0 Å². The third-order valence-corrected chi connectivity index (χ3v) is 4.17. The fraction of sp³-hybridized carbons (Fsp3) is 0.857. The highest BCUT2D eigenvalue weighted by Crippen LogP contribution is 2.21. The van der Waals surface area contributed by atoms with E-state index in [1.807, 2.05) is 23.9 Å². The lowest BCUT2D eigenvalue weighted by molar-refractivity contribution is -0.138. The van der Waals surface area contributed by atoms with Gasteiger partial charge in [-0.1, -0.05) is 0 Å². The molecule has 2 fully saturated rings. The molecule has 2 saturated heterocycles. The summed E-state index contributed by atoms with van der Waals surface area (Å²) >= 11 is 0. The molecular formula is C14H26N4O2. The Hall–Kier alpha value is -1.14. The summed E-state index contributed by atoms with van der Waals surface area (Å²) in [6.45, 7) is 6.65. The normalized spacial score (nSPS) is 27.5. The van der Waals surface area contributed by atoms with Crippen molar-refractivity contribution in [2.75, 3.05) is 53.4 Å². The lowest BCUT2D eigenvalue weighted by Gasteiger charge is -2.35. The SMILES string of the molecule is C[C@H]1CNCCN1C(=O)C1CC(=O)N(CCN(C)C)C1. The molecule has 6 nitrogen and oxygen atoms in total. The number of rotatable bonds is 4. The van der Waals surface area contributed by atoms with Crippen molar-refractivity contribution in [3.8, 4) is 0 Å². The number of nitrogens with zero attached hydrogens (tertiary/aromatic N) is 3. The Balaban J connectivity index is 1.90. The van der Waals surface area contributed by atoms with Crippen LogP contribution >= 0.6 is 0 Å². The van der Waals surface area contributed by atoms with Crippen LogP contribution in [0.3, 0.4) is 0 Å². The van der Waals surface area contributed by atoms with Crippen molar-refractivity contribution >= 4 is 11.8 Å². The molecule has 2 aliphatic heterocycles. The summed E-state index contributed by atoms with van der Waals surface area (Å²) in [6.07, 6.45) is 0.378. The smallest absolute Gasteiger partial charge is 0.228 e. The number of carbonyl (C=O) groups is 2. The van der Waals surface area contributed by atoms with Gasteiger partial charge in [-0.2, -0.15) is 0 Å². The van der Waals surface area contributed by atoms with Gasteiger partial charge in [0, 0.05) is 51.7 Å². The Labute approximate surface area is 121 Å². The number of hydrogen-bond acceptors (Lipinski definition) is 4. The number of carbonyl (C=O) groups excluding carboxylic acids is 2. The van der Waals surface area contributed by atoms with E-state index < -0.39 is 0 Å². The van der Waals surface area contributed by atoms with Gasteiger partial charge in [-0.05, 0) is 21.0 Å². The molecule has 2 atom stereocenters. The summed E-state index contributed by atoms with van der Waals surface area (Å²) in [5, 5.41) is 3.28. The zero-order valence-corrected chi connectivity index (χ0v) is 12.8. The molecule has 2 amide bonds. The van der Waals surface area contributed by atoms with Crippen LogP contribution in [0.5, 0.6) is 0 Å². The summed E-state index contributed by atoms with van der Waals surface area (Å²) < 4.78 is 0. The molecule has 2 aliphatic rings. The first-order valence-corrected chi connectivity index (χ1v) is 7.42. The van der Waals surface area contributed by atoms with Crippen LogP contribution in [0.15, 0.2) is 0 Å². The first kappa shape index (κ1) is 15.3. The van der Waals surface area contributed by atoms with Crippen molar-refractivity contribution in [2.24, 2.45) is 5.92 Å². The zero-order chi connectivity index (χ0) is 14.7. The largest absolute Gasteiger partial charge is 0.341 e. The van der Waals surface area contributed by atoms with Gasteiger partial charge in [-0.25, -0.2) is 0 Å². The van der Waals surface area contributed by atoms with Gasteiger partial charge in [0.1, 0.15) is 0 Å². The maximum atomic E-state index is 12.5. The number of amides is 2. The molecule has 0 saturated carbocycles. The van der Waals surface area contributed by atoms with Gasteiger partial charge in [0.25, 0.3) is 0 Å². The van der Waals surface area contributed by atoms with Crippen LogP contribution in [0.1, 0.15) is 13.3 Å². The third-order valence-electron chi connectivity index (χ3n) is 4.17. The molecule has 0 aromatic carbocycles. The molecule has 1 N–H and O–H groups in total. The average molecular weight is 282 g/mol. The average Bonchev–Trinajstić information content (AvgIpc) is 2.77. The topological polar surface area (TPSA) is 55.9 Å². The Morgan fingerprint density at radius 3 is 2.85 bits per heavy atom.